The maximum atomic E-state index is 12.6. The summed E-state index contributed by atoms with van der Waals surface area (Å²) >= 11 is 0. The highest BCUT2D eigenvalue weighted by atomic mass is 16.5. The van der Waals surface area contributed by atoms with Crippen molar-refractivity contribution in [2.24, 2.45) is 5.92 Å². The molecule has 1 heterocycles. The Morgan fingerprint density at radius 2 is 2.08 bits per heavy atom. The minimum absolute atomic E-state index is 0.0589. The van der Waals surface area contributed by atoms with Gasteiger partial charge >= 0.3 is 0 Å². The number of aryl methyl sites for hydroxylation is 2. The van der Waals surface area contributed by atoms with Crippen molar-refractivity contribution in [2.45, 2.75) is 26.7 Å². The van der Waals surface area contributed by atoms with E-state index in [0.717, 1.165) is 28.9 Å². The van der Waals surface area contributed by atoms with E-state index in [1.165, 1.54) is 0 Å². The maximum absolute atomic E-state index is 12.6. The lowest BCUT2D eigenvalue weighted by Gasteiger charge is -2.20. The van der Waals surface area contributed by atoms with Crippen LogP contribution in [0.4, 0.5) is 11.4 Å². The first-order valence-electron chi connectivity index (χ1n) is 8.86. The van der Waals surface area contributed by atoms with Gasteiger partial charge in [0.2, 0.25) is 11.8 Å². The number of methoxy groups -OCH3 is 1. The highest BCUT2D eigenvalue weighted by Gasteiger charge is 2.36. The van der Waals surface area contributed by atoms with Gasteiger partial charge in [0.05, 0.1) is 18.7 Å². The highest BCUT2D eigenvalue weighted by molar-refractivity contribution is 6.04. The fraction of sp³-hybridized carbons (Fsp3) is 0.333. The van der Waals surface area contributed by atoms with Crippen LogP contribution in [0, 0.1) is 12.8 Å². The number of nitrogens with one attached hydrogen (secondary N) is 1. The van der Waals surface area contributed by atoms with Gasteiger partial charge in [0, 0.05) is 18.7 Å². The second-order valence-corrected chi connectivity index (χ2v) is 6.62. The van der Waals surface area contributed by atoms with Gasteiger partial charge < -0.3 is 15.0 Å². The number of hydrogen-bond acceptors (Lipinski definition) is 3. The van der Waals surface area contributed by atoms with Gasteiger partial charge in [-0.2, -0.15) is 0 Å². The van der Waals surface area contributed by atoms with E-state index in [1.54, 1.807) is 12.0 Å². The van der Waals surface area contributed by atoms with E-state index in [9.17, 15) is 9.59 Å². The van der Waals surface area contributed by atoms with Crippen molar-refractivity contribution in [3.05, 3.63) is 53.6 Å². The molecule has 0 spiro atoms. The molecule has 1 N–H and O–H groups in total. The Bertz CT molecular complexity index is 832. The summed E-state index contributed by atoms with van der Waals surface area (Å²) in [6, 6.07) is 13.5. The molecule has 1 unspecified atom stereocenters. The van der Waals surface area contributed by atoms with E-state index in [2.05, 4.69) is 12.2 Å². The predicted molar refractivity (Wildman–Crippen MR) is 103 cm³/mol. The Hall–Kier alpha value is -2.82. The molecule has 0 aliphatic carbocycles. The molecule has 5 heteroatoms. The van der Waals surface area contributed by atoms with Crippen molar-refractivity contribution in [2.75, 3.05) is 23.9 Å². The summed E-state index contributed by atoms with van der Waals surface area (Å²) in [6.45, 7) is 4.40. The number of rotatable bonds is 5. The Balaban J connectivity index is 1.75. The van der Waals surface area contributed by atoms with Crippen molar-refractivity contribution < 1.29 is 14.3 Å². The van der Waals surface area contributed by atoms with Crippen molar-refractivity contribution in [1.82, 2.24) is 0 Å². The number of carbonyl (C=O) groups excluding carboxylic acids is 2. The first kappa shape index (κ1) is 18.0. The summed E-state index contributed by atoms with van der Waals surface area (Å²) in [5.41, 5.74) is 3.70. The molecule has 26 heavy (non-hydrogen) atoms. The largest absolute Gasteiger partial charge is 0.495 e. The summed E-state index contributed by atoms with van der Waals surface area (Å²) in [6.07, 6.45) is 1.11. The van der Waals surface area contributed by atoms with Gasteiger partial charge in [-0.05, 0) is 48.7 Å². The molecule has 3 rings (SSSR count). The summed E-state index contributed by atoms with van der Waals surface area (Å²) in [7, 11) is 1.58. The van der Waals surface area contributed by atoms with Crippen molar-refractivity contribution in [1.29, 1.82) is 0 Å². The summed E-state index contributed by atoms with van der Waals surface area (Å²) < 4.78 is 5.38. The average Bonchev–Trinajstić information content (AvgIpc) is 3.03. The third-order valence-electron chi connectivity index (χ3n) is 4.72. The number of hydrogen-bond donors (Lipinski definition) is 1. The zero-order valence-corrected chi connectivity index (χ0v) is 15.4. The second kappa shape index (κ2) is 7.60. The van der Waals surface area contributed by atoms with Gasteiger partial charge in [0.25, 0.3) is 0 Å². The Labute approximate surface area is 154 Å². The molecule has 1 fully saturated rings. The molecule has 0 bridgehead atoms. The first-order chi connectivity index (χ1) is 12.5. The van der Waals surface area contributed by atoms with Gasteiger partial charge in [-0.1, -0.05) is 25.1 Å². The minimum Gasteiger partial charge on any atom is -0.495 e. The molecule has 5 nitrogen and oxygen atoms in total. The number of carbonyl (C=O) groups is 2. The van der Waals surface area contributed by atoms with Gasteiger partial charge in [-0.15, -0.1) is 0 Å². The zero-order chi connectivity index (χ0) is 18.7. The number of amides is 2. The van der Waals surface area contributed by atoms with Crippen LogP contribution in [0.5, 0.6) is 5.75 Å². The van der Waals surface area contributed by atoms with Crippen LogP contribution in [-0.2, 0) is 16.0 Å². The van der Waals surface area contributed by atoms with Crippen LogP contribution >= 0.6 is 0 Å². The lowest BCUT2D eigenvalue weighted by Crippen LogP contribution is -2.28. The van der Waals surface area contributed by atoms with Crippen molar-refractivity contribution >= 4 is 23.2 Å². The molecular weight excluding hydrogens is 328 g/mol. The second-order valence-electron chi connectivity index (χ2n) is 6.62. The molecule has 0 saturated carbocycles. The molecule has 136 valence electrons. The van der Waals surface area contributed by atoms with Crippen LogP contribution in [0.25, 0.3) is 0 Å². The number of anilines is 2. The minimum atomic E-state index is -0.377. The van der Waals surface area contributed by atoms with Gasteiger partial charge in [0.1, 0.15) is 5.75 Å². The van der Waals surface area contributed by atoms with Crippen LogP contribution < -0.4 is 15.0 Å². The lowest BCUT2D eigenvalue weighted by atomic mass is 10.1. The molecule has 2 aromatic carbocycles. The molecule has 0 radical (unpaired) electrons. The summed E-state index contributed by atoms with van der Waals surface area (Å²) in [5.74, 6) is 0.0794. The normalized spacial score (nSPS) is 16.7. The third kappa shape index (κ3) is 3.72. The van der Waals surface area contributed by atoms with Crippen molar-refractivity contribution in [3.63, 3.8) is 0 Å². The molecule has 0 aromatic heterocycles. The maximum Gasteiger partial charge on any atom is 0.229 e. The quantitative estimate of drug-likeness (QED) is 0.895. The van der Waals surface area contributed by atoms with Gasteiger partial charge in [-0.25, -0.2) is 0 Å². The average molecular weight is 352 g/mol. The smallest absolute Gasteiger partial charge is 0.229 e. The van der Waals surface area contributed by atoms with Gasteiger partial charge in [0.15, 0.2) is 0 Å². The van der Waals surface area contributed by atoms with Crippen LogP contribution in [0.1, 0.15) is 24.5 Å². The van der Waals surface area contributed by atoms with Crippen LogP contribution in [0.2, 0.25) is 0 Å². The molecule has 1 saturated heterocycles. The Kier molecular flexibility index (Phi) is 5.26. The van der Waals surface area contributed by atoms with Crippen molar-refractivity contribution in [3.8, 4) is 5.75 Å². The fourth-order valence-corrected chi connectivity index (χ4v) is 3.24. The number of benzene rings is 2. The Morgan fingerprint density at radius 1 is 1.27 bits per heavy atom. The topological polar surface area (TPSA) is 58.6 Å². The molecule has 1 aliphatic rings. The van der Waals surface area contributed by atoms with E-state index in [-0.39, 0.29) is 24.2 Å². The van der Waals surface area contributed by atoms with Gasteiger partial charge in [-0.3, -0.25) is 9.59 Å². The summed E-state index contributed by atoms with van der Waals surface area (Å²) in [5, 5.41) is 2.94. The fourth-order valence-electron chi connectivity index (χ4n) is 3.24. The number of ether oxygens (including phenoxy) is 1. The van der Waals surface area contributed by atoms with E-state index in [0.29, 0.717) is 12.3 Å². The first-order valence-corrected chi connectivity index (χ1v) is 8.86. The monoisotopic (exact) mass is 352 g/mol. The SMILES string of the molecule is CCc1cccc(NC(=O)C2CC(=O)N(c3cc(C)ccc3OC)C2)c1. The molecule has 2 aromatic rings. The van der Waals surface area contributed by atoms with Crippen LogP contribution in [0.3, 0.4) is 0 Å². The Morgan fingerprint density at radius 3 is 2.81 bits per heavy atom. The van der Waals surface area contributed by atoms with E-state index < -0.39 is 0 Å². The summed E-state index contributed by atoms with van der Waals surface area (Å²) in [4.78, 5) is 26.8. The molecule has 2 amide bonds. The third-order valence-corrected chi connectivity index (χ3v) is 4.72. The molecular formula is C21H24N2O3. The standard InChI is InChI=1S/C21H24N2O3/c1-4-15-6-5-7-17(11-15)22-21(25)16-12-20(24)23(13-16)18-10-14(2)8-9-19(18)26-3/h5-11,16H,4,12-13H2,1-3H3,(H,22,25). The molecule has 1 atom stereocenters. The van der Waals surface area contributed by atoms with E-state index in [4.69, 9.17) is 4.74 Å². The van der Waals surface area contributed by atoms with E-state index >= 15 is 0 Å². The predicted octanol–water partition coefficient (Wildman–Crippen LogP) is 3.56. The lowest BCUT2D eigenvalue weighted by molar-refractivity contribution is -0.122. The number of nitrogens with zero attached hydrogens (tertiary/aromatic N) is 1. The molecule has 1 aliphatic heterocycles. The van der Waals surface area contributed by atoms with E-state index in [1.807, 2.05) is 49.4 Å². The zero-order valence-electron chi connectivity index (χ0n) is 15.4. The highest BCUT2D eigenvalue weighted by Crippen LogP contribution is 2.34. The van der Waals surface area contributed by atoms with Crippen LogP contribution in [0.15, 0.2) is 42.5 Å². The van der Waals surface area contributed by atoms with Crippen LogP contribution in [-0.4, -0.2) is 25.5 Å².